The topological polar surface area (TPSA) is 3.24 Å². The van der Waals surface area contributed by atoms with Crippen molar-refractivity contribution in [3.05, 3.63) is 35.4 Å². The van der Waals surface area contributed by atoms with Gasteiger partial charge in [0.05, 0.1) is 5.56 Å². The molecule has 1 aromatic rings. The van der Waals surface area contributed by atoms with Crippen molar-refractivity contribution in [2.75, 3.05) is 7.05 Å². The van der Waals surface area contributed by atoms with Gasteiger partial charge >= 0.3 is 6.18 Å². The van der Waals surface area contributed by atoms with Gasteiger partial charge in [-0.05, 0) is 39.4 Å². The molecule has 0 spiro atoms. The number of hydrogen-bond donors (Lipinski definition) is 0. The van der Waals surface area contributed by atoms with Gasteiger partial charge in [0.15, 0.2) is 0 Å². The van der Waals surface area contributed by atoms with E-state index in [0.717, 1.165) is 6.07 Å². The normalized spacial score (nSPS) is 13.2. The zero-order valence-corrected chi connectivity index (χ0v) is 10.6. The summed E-state index contributed by atoms with van der Waals surface area (Å²) in [5, 5.41) is 0. The second-order valence-corrected chi connectivity index (χ2v) is 5.23. The van der Waals surface area contributed by atoms with Crippen LogP contribution in [-0.4, -0.2) is 17.5 Å². The molecule has 0 saturated carbocycles. The Morgan fingerprint density at radius 3 is 2.18 bits per heavy atom. The van der Waals surface area contributed by atoms with Crippen LogP contribution in [0.15, 0.2) is 24.3 Å². The maximum Gasteiger partial charge on any atom is 0.416 e. The molecule has 1 aromatic carbocycles. The third-order valence-corrected chi connectivity index (χ3v) is 2.82. The van der Waals surface area contributed by atoms with E-state index in [1.807, 2.05) is 32.7 Å². The highest BCUT2D eigenvalue weighted by Crippen LogP contribution is 2.30. The van der Waals surface area contributed by atoms with Crippen LogP contribution in [0.3, 0.4) is 0 Å². The molecule has 0 atom stereocenters. The summed E-state index contributed by atoms with van der Waals surface area (Å²) >= 11 is 0. The van der Waals surface area contributed by atoms with Gasteiger partial charge in [-0.2, -0.15) is 13.2 Å². The molecule has 0 heterocycles. The molecule has 0 saturated heterocycles. The fraction of sp³-hybridized carbons (Fsp3) is 0.538. The van der Waals surface area contributed by atoms with Crippen molar-refractivity contribution < 1.29 is 13.2 Å². The summed E-state index contributed by atoms with van der Waals surface area (Å²) in [7, 11) is 1.90. The predicted molar refractivity (Wildman–Crippen MR) is 62.7 cm³/mol. The summed E-state index contributed by atoms with van der Waals surface area (Å²) in [6.07, 6.45) is -4.27. The smallest absolute Gasteiger partial charge is 0.297 e. The zero-order valence-electron chi connectivity index (χ0n) is 10.6. The first-order valence-corrected chi connectivity index (χ1v) is 5.48. The lowest BCUT2D eigenvalue weighted by molar-refractivity contribution is -0.137. The first-order valence-electron chi connectivity index (χ1n) is 5.48. The molecule has 4 heteroatoms. The Balaban J connectivity index is 2.87. The lowest BCUT2D eigenvalue weighted by Crippen LogP contribution is -2.37. The molecular formula is C13H18F3N. The van der Waals surface area contributed by atoms with E-state index in [0.29, 0.717) is 12.1 Å². The van der Waals surface area contributed by atoms with E-state index < -0.39 is 11.7 Å². The molecule has 0 aliphatic carbocycles. The van der Waals surface area contributed by atoms with Crippen LogP contribution in [0.1, 0.15) is 31.9 Å². The minimum Gasteiger partial charge on any atom is -0.297 e. The van der Waals surface area contributed by atoms with E-state index in [4.69, 9.17) is 0 Å². The second kappa shape index (κ2) is 4.69. The Hall–Kier alpha value is -1.03. The van der Waals surface area contributed by atoms with Gasteiger partial charge in [-0.1, -0.05) is 18.2 Å². The van der Waals surface area contributed by atoms with Crippen LogP contribution in [0.4, 0.5) is 13.2 Å². The van der Waals surface area contributed by atoms with Crippen LogP contribution in [0.25, 0.3) is 0 Å². The van der Waals surface area contributed by atoms with Gasteiger partial charge in [-0.3, -0.25) is 4.90 Å². The Morgan fingerprint density at radius 2 is 1.71 bits per heavy atom. The third kappa shape index (κ3) is 4.04. The predicted octanol–water partition coefficient (Wildman–Crippen LogP) is 3.94. The number of alkyl halides is 3. The van der Waals surface area contributed by atoms with E-state index in [1.54, 1.807) is 6.07 Å². The van der Waals surface area contributed by atoms with Gasteiger partial charge < -0.3 is 0 Å². The van der Waals surface area contributed by atoms with Gasteiger partial charge in [0.25, 0.3) is 0 Å². The highest BCUT2D eigenvalue weighted by molar-refractivity contribution is 5.25. The van der Waals surface area contributed by atoms with Crippen molar-refractivity contribution in [3.8, 4) is 0 Å². The first kappa shape index (κ1) is 14.0. The number of nitrogens with zero attached hydrogens (tertiary/aromatic N) is 1. The maximum absolute atomic E-state index is 12.5. The monoisotopic (exact) mass is 245 g/mol. The van der Waals surface area contributed by atoms with Crippen LogP contribution < -0.4 is 0 Å². The molecule has 96 valence electrons. The maximum atomic E-state index is 12.5. The largest absolute Gasteiger partial charge is 0.416 e. The van der Waals surface area contributed by atoms with Gasteiger partial charge in [0.2, 0.25) is 0 Å². The SMILES string of the molecule is CN(Cc1cccc(C(F)(F)F)c1)C(C)(C)C. The molecule has 1 nitrogen and oxygen atoms in total. The van der Waals surface area contributed by atoms with Crippen LogP contribution >= 0.6 is 0 Å². The summed E-state index contributed by atoms with van der Waals surface area (Å²) in [6, 6.07) is 5.48. The minimum absolute atomic E-state index is 0.0613. The summed E-state index contributed by atoms with van der Waals surface area (Å²) in [6.45, 7) is 6.59. The molecule has 0 bridgehead atoms. The number of halogens is 3. The van der Waals surface area contributed by atoms with Crippen LogP contribution in [0, 0.1) is 0 Å². The third-order valence-electron chi connectivity index (χ3n) is 2.82. The van der Waals surface area contributed by atoms with Gasteiger partial charge in [0, 0.05) is 12.1 Å². The molecule has 17 heavy (non-hydrogen) atoms. The molecule has 1 rings (SSSR count). The molecule has 0 fully saturated rings. The van der Waals surface area contributed by atoms with Gasteiger partial charge in [-0.15, -0.1) is 0 Å². The summed E-state index contributed by atoms with van der Waals surface area (Å²) < 4.78 is 37.6. The molecular weight excluding hydrogens is 227 g/mol. The number of rotatable bonds is 2. The van der Waals surface area contributed by atoms with E-state index in [1.165, 1.54) is 12.1 Å². The van der Waals surface area contributed by atoms with Gasteiger partial charge in [0.1, 0.15) is 0 Å². The highest BCUT2D eigenvalue weighted by atomic mass is 19.4. The van der Waals surface area contributed by atoms with E-state index in [-0.39, 0.29) is 5.54 Å². The number of hydrogen-bond acceptors (Lipinski definition) is 1. The van der Waals surface area contributed by atoms with E-state index in [9.17, 15) is 13.2 Å². The van der Waals surface area contributed by atoms with Crippen LogP contribution in [-0.2, 0) is 12.7 Å². The fourth-order valence-corrected chi connectivity index (χ4v) is 1.36. The Labute approximate surface area is 100 Å². The van der Waals surface area contributed by atoms with Crippen molar-refractivity contribution >= 4 is 0 Å². The van der Waals surface area contributed by atoms with Crippen molar-refractivity contribution in [1.82, 2.24) is 4.90 Å². The standard InChI is InChI=1S/C13H18F3N/c1-12(2,3)17(4)9-10-6-5-7-11(8-10)13(14,15)16/h5-8H,9H2,1-4H3. The first-order chi connectivity index (χ1) is 7.60. The van der Waals surface area contributed by atoms with Crippen molar-refractivity contribution in [2.24, 2.45) is 0 Å². The minimum atomic E-state index is -4.27. The Bertz CT molecular complexity index is 377. The molecule has 0 aliphatic rings. The molecule has 0 aromatic heterocycles. The van der Waals surface area contributed by atoms with Crippen molar-refractivity contribution in [1.29, 1.82) is 0 Å². The molecule has 0 amide bonds. The quantitative estimate of drug-likeness (QED) is 0.763. The zero-order chi connectivity index (χ0) is 13.3. The highest BCUT2D eigenvalue weighted by Gasteiger charge is 2.30. The lowest BCUT2D eigenvalue weighted by atomic mass is 10.0. The summed E-state index contributed by atoms with van der Waals surface area (Å²) in [5.74, 6) is 0. The van der Waals surface area contributed by atoms with E-state index in [2.05, 4.69) is 0 Å². The van der Waals surface area contributed by atoms with Crippen molar-refractivity contribution in [2.45, 2.75) is 39.0 Å². The average molecular weight is 245 g/mol. The molecule has 0 N–H and O–H groups in total. The summed E-state index contributed by atoms with van der Waals surface area (Å²) in [4.78, 5) is 2.02. The second-order valence-electron chi connectivity index (χ2n) is 5.23. The lowest BCUT2D eigenvalue weighted by Gasteiger charge is -2.32. The van der Waals surface area contributed by atoms with Crippen LogP contribution in [0.2, 0.25) is 0 Å². The van der Waals surface area contributed by atoms with Gasteiger partial charge in [-0.25, -0.2) is 0 Å². The molecule has 0 unspecified atom stereocenters. The average Bonchev–Trinajstić information content (AvgIpc) is 2.15. The number of benzene rings is 1. The van der Waals surface area contributed by atoms with Crippen molar-refractivity contribution in [3.63, 3.8) is 0 Å². The Kier molecular flexibility index (Phi) is 3.87. The van der Waals surface area contributed by atoms with E-state index >= 15 is 0 Å². The Morgan fingerprint density at radius 1 is 1.12 bits per heavy atom. The molecule has 0 radical (unpaired) electrons. The summed E-state index contributed by atoms with van der Waals surface area (Å²) in [5.41, 5.74) is 0.0309. The molecule has 0 aliphatic heterocycles. The fourth-order valence-electron chi connectivity index (χ4n) is 1.36. The van der Waals surface area contributed by atoms with Crippen LogP contribution in [0.5, 0.6) is 0 Å².